The van der Waals surface area contributed by atoms with Crippen LogP contribution in [-0.4, -0.2) is 4.57 Å². The third-order valence-electron chi connectivity index (χ3n) is 12.1. The predicted octanol–water partition coefficient (Wildman–Crippen LogP) is 14.7. The molecule has 0 radical (unpaired) electrons. The molecule has 1 aromatic heterocycles. The van der Waals surface area contributed by atoms with E-state index in [0.717, 1.165) is 35.6 Å². The van der Waals surface area contributed by atoms with Crippen LogP contribution >= 0.6 is 0 Å². The smallest absolute Gasteiger partial charge is 0.0561 e. The van der Waals surface area contributed by atoms with Crippen LogP contribution in [0.4, 0.5) is 17.1 Å². The van der Waals surface area contributed by atoms with Crippen LogP contribution in [0.25, 0.3) is 60.9 Å². The van der Waals surface area contributed by atoms with Crippen molar-refractivity contribution in [3.8, 4) is 39.1 Å². The van der Waals surface area contributed by atoms with E-state index in [1.54, 1.807) is 0 Å². The van der Waals surface area contributed by atoms with Crippen molar-refractivity contribution in [2.24, 2.45) is 0 Å². The second-order valence-electron chi connectivity index (χ2n) is 14.8. The third kappa shape index (κ3) is 5.32. The molecule has 1 aliphatic rings. The van der Waals surface area contributed by atoms with Gasteiger partial charge in [-0.25, -0.2) is 0 Å². The second-order valence-corrected chi connectivity index (χ2v) is 14.8. The zero-order valence-corrected chi connectivity index (χ0v) is 31.3. The zero-order valence-electron chi connectivity index (χ0n) is 31.3. The Morgan fingerprint density at radius 1 is 0.400 bits per heavy atom. The van der Waals surface area contributed by atoms with Crippen LogP contribution in [0.1, 0.15) is 37.8 Å². The predicted molar refractivity (Wildman–Crippen MR) is 233 cm³/mol. The molecule has 1 aliphatic carbocycles. The van der Waals surface area contributed by atoms with Gasteiger partial charge in [-0.1, -0.05) is 147 Å². The van der Waals surface area contributed by atoms with Crippen molar-refractivity contribution >= 4 is 38.9 Å². The Labute approximate surface area is 323 Å². The molecule has 9 aromatic rings. The van der Waals surface area contributed by atoms with E-state index >= 15 is 0 Å². The molecule has 0 N–H and O–H groups in total. The lowest BCUT2D eigenvalue weighted by Gasteiger charge is -2.30. The van der Waals surface area contributed by atoms with Crippen molar-refractivity contribution in [3.63, 3.8) is 0 Å². The lowest BCUT2D eigenvalue weighted by atomic mass is 9.73. The Morgan fingerprint density at radius 2 is 0.982 bits per heavy atom. The number of benzene rings is 8. The van der Waals surface area contributed by atoms with E-state index in [4.69, 9.17) is 0 Å². The monoisotopic (exact) mass is 706 g/mol. The van der Waals surface area contributed by atoms with E-state index in [9.17, 15) is 0 Å². The summed E-state index contributed by atoms with van der Waals surface area (Å²) in [7, 11) is 0. The molecule has 0 unspecified atom stereocenters. The molecule has 2 nitrogen and oxygen atoms in total. The molecule has 0 fully saturated rings. The van der Waals surface area contributed by atoms with Crippen LogP contribution in [0.5, 0.6) is 0 Å². The number of para-hydroxylation sites is 2. The van der Waals surface area contributed by atoms with Gasteiger partial charge in [-0.2, -0.15) is 0 Å². The maximum absolute atomic E-state index is 2.47. The lowest BCUT2D eigenvalue weighted by molar-refractivity contribution is 0.490. The summed E-state index contributed by atoms with van der Waals surface area (Å²) in [5, 5.41) is 2.49. The van der Waals surface area contributed by atoms with E-state index in [-0.39, 0.29) is 5.41 Å². The van der Waals surface area contributed by atoms with E-state index in [1.807, 2.05) is 0 Å². The van der Waals surface area contributed by atoms with Gasteiger partial charge in [0, 0.05) is 38.9 Å². The number of anilines is 3. The Kier molecular flexibility index (Phi) is 7.99. The molecule has 0 saturated carbocycles. The highest BCUT2D eigenvalue weighted by molar-refractivity contribution is 6.10. The Bertz CT molecular complexity index is 2820. The van der Waals surface area contributed by atoms with Gasteiger partial charge in [0.2, 0.25) is 0 Å². The first-order valence-electron chi connectivity index (χ1n) is 19.6. The van der Waals surface area contributed by atoms with Crippen LogP contribution < -0.4 is 4.90 Å². The molecule has 0 saturated heterocycles. The van der Waals surface area contributed by atoms with E-state index in [1.165, 1.54) is 66.3 Å². The average molecular weight is 707 g/mol. The summed E-state index contributed by atoms with van der Waals surface area (Å²) in [6.45, 7) is 4.68. The quantitative estimate of drug-likeness (QED) is 0.153. The van der Waals surface area contributed by atoms with Crippen molar-refractivity contribution < 1.29 is 0 Å². The topological polar surface area (TPSA) is 8.17 Å². The molecule has 0 bridgehead atoms. The number of hydrogen-bond acceptors (Lipinski definition) is 1. The van der Waals surface area contributed by atoms with Gasteiger partial charge < -0.3 is 9.47 Å². The highest BCUT2D eigenvalue weighted by atomic mass is 15.1. The second kappa shape index (κ2) is 13.3. The average Bonchev–Trinajstić information content (AvgIpc) is 3.74. The van der Waals surface area contributed by atoms with E-state index in [2.05, 4.69) is 217 Å². The number of nitrogens with zero attached hydrogens (tertiary/aromatic N) is 2. The fraction of sp³-hybridized carbons (Fsp3) is 0.0943. The summed E-state index contributed by atoms with van der Waals surface area (Å²) in [6.07, 6.45) is 2.17. The van der Waals surface area contributed by atoms with Crippen molar-refractivity contribution in [2.45, 2.75) is 32.1 Å². The minimum atomic E-state index is 0.0449. The van der Waals surface area contributed by atoms with Crippen molar-refractivity contribution in [2.75, 3.05) is 4.90 Å². The van der Waals surface area contributed by atoms with Crippen LogP contribution in [-0.2, 0) is 5.41 Å². The van der Waals surface area contributed by atoms with Crippen molar-refractivity contribution in [3.05, 3.63) is 205 Å². The van der Waals surface area contributed by atoms with Crippen molar-refractivity contribution in [1.29, 1.82) is 0 Å². The normalized spacial score (nSPS) is 12.8. The molecule has 55 heavy (non-hydrogen) atoms. The van der Waals surface area contributed by atoms with E-state index in [0.29, 0.717) is 0 Å². The number of aromatic nitrogens is 1. The fourth-order valence-electron chi connectivity index (χ4n) is 9.31. The van der Waals surface area contributed by atoms with Gasteiger partial charge >= 0.3 is 0 Å². The summed E-state index contributed by atoms with van der Waals surface area (Å²) in [5.41, 5.74) is 17.5. The summed E-state index contributed by atoms with van der Waals surface area (Å²) in [4.78, 5) is 2.40. The van der Waals surface area contributed by atoms with Gasteiger partial charge in [0.05, 0.1) is 11.0 Å². The summed E-state index contributed by atoms with van der Waals surface area (Å²) >= 11 is 0. The summed E-state index contributed by atoms with van der Waals surface area (Å²) in [5.74, 6) is 0. The van der Waals surface area contributed by atoms with E-state index < -0.39 is 0 Å². The minimum Gasteiger partial charge on any atom is -0.310 e. The van der Waals surface area contributed by atoms with Gasteiger partial charge in [0.15, 0.2) is 0 Å². The highest BCUT2D eigenvalue weighted by Crippen LogP contribution is 2.53. The molecular weight excluding hydrogens is 665 g/mol. The molecule has 0 amide bonds. The third-order valence-corrected chi connectivity index (χ3v) is 12.1. The van der Waals surface area contributed by atoms with Crippen LogP contribution in [0.3, 0.4) is 0 Å². The molecule has 1 heterocycles. The number of hydrogen-bond donors (Lipinski definition) is 0. The molecule has 10 rings (SSSR count). The molecular formula is C53H42N2. The maximum Gasteiger partial charge on any atom is 0.0561 e. The summed E-state index contributed by atoms with van der Waals surface area (Å²) < 4.78 is 2.40. The van der Waals surface area contributed by atoms with Gasteiger partial charge in [-0.05, 0) is 118 Å². The Balaban J connectivity index is 1.12. The fourth-order valence-corrected chi connectivity index (χ4v) is 9.31. The Morgan fingerprint density at radius 3 is 1.78 bits per heavy atom. The Hall–Kier alpha value is -6.64. The number of rotatable bonds is 8. The molecule has 8 aromatic carbocycles. The molecule has 0 atom stereocenters. The molecule has 264 valence electrons. The van der Waals surface area contributed by atoms with Crippen LogP contribution in [0.2, 0.25) is 0 Å². The minimum absolute atomic E-state index is 0.0449. The van der Waals surface area contributed by atoms with Gasteiger partial charge in [-0.3, -0.25) is 0 Å². The summed E-state index contributed by atoms with van der Waals surface area (Å²) in [6, 6.07) is 71.3. The molecule has 0 aliphatic heterocycles. The highest BCUT2D eigenvalue weighted by Gasteiger charge is 2.40. The largest absolute Gasteiger partial charge is 0.310 e. The lowest BCUT2D eigenvalue weighted by Crippen LogP contribution is -2.23. The van der Waals surface area contributed by atoms with Crippen molar-refractivity contribution in [1.82, 2.24) is 4.57 Å². The van der Waals surface area contributed by atoms with Gasteiger partial charge in [0.1, 0.15) is 0 Å². The van der Waals surface area contributed by atoms with Gasteiger partial charge in [-0.15, -0.1) is 0 Å². The first-order chi connectivity index (χ1) is 27.2. The first-order valence-corrected chi connectivity index (χ1v) is 19.6. The first kappa shape index (κ1) is 33.0. The van der Waals surface area contributed by atoms with Crippen LogP contribution in [0, 0.1) is 0 Å². The maximum atomic E-state index is 2.47. The van der Waals surface area contributed by atoms with Gasteiger partial charge in [0.25, 0.3) is 0 Å². The number of fused-ring (bicyclic) bond motifs is 6. The SMILES string of the molecule is CCC1(CC)c2ccccc2-c2ccc(-c3ccc(N(c4cccc(-c5ccccc5)c4)c4ccc5c6ccccc6n(-c6ccccc6)c5c4)cc3)cc21. The molecule has 2 heteroatoms. The zero-order chi connectivity index (χ0) is 36.9. The standard InChI is InChI=1S/C53H42N2/c1-3-53(4-2)49-24-13-11-22-45(49)46-32-28-40(35-50(46)53)38-26-29-42(30-27-38)54(43-21-15-18-39(34-43)37-16-7-5-8-17-37)44-31-33-48-47-23-12-14-25-51(47)55(52(48)36-44)41-19-9-6-10-20-41/h5-36H,3-4H2,1-2H3. The molecule has 0 spiro atoms. The van der Waals surface area contributed by atoms with Crippen LogP contribution in [0.15, 0.2) is 194 Å².